The molecule has 0 aliphatic heterocycles. The first-order valence-electron chi connectivity index (χ1n) is 11.6. The van der Waals surface area contributed by atoms with Crippen LogP contribution in [0, 0.1) is 0 Å². The first-order chi connectivity index (χ1) is 18.6. The van der Waals surface area contributed by atoms with Crippen molar-refractivity contribution in [2.24, 2.45) is 0 Å². The smallest absolute Gasteiger partial charge is 0.308 e. The van der Waals surface area contributed by atoms with E-state index in [4.69, 9.17) is 16.4 Å². The van der Waals surface area contributed by atoms with Gasteiger partial charge in [0.2, 0.25) is 5.82 Å². The minimum atomic E-state index is -4.65. The Labute approximate surface area is 231 Å². The van der Waals surface area contributed by atoms with Gasteiger partial charge in [0.1, 0.15) is 6.33 Å². The highest BCUT2D eigenvalue weighted by molar-refractivity contribution is 7.99. The third-order valence-electron chi connectivity index (χ3n) is 5.17. The number of carbonyl (C=O) groups is 2. The van der Waals surface area contributed by atoms with Crippen LogP contribution in [-0.2, 0) is 11.0 Å². The van der Waals surface area contributed by atoms with Crippen LogP contribution in [0.5, 0.6) is 0 Å². The lowest BCUT2D eigenvalue weighted by molar-refractivity contribution is -0.137. The van der Waals surface area contributed by atoms with Crippen LogP contribution in [0.1, 0.15) is 30.0 Å². The summed E-state index contributed by atoms with van der Waals surface area (Å²) in [6, 6.07) is 8.85. The molecule has 0 radical (unpaired) electrons. The average molecular weight is 584 g/mol. The van der Waals surface area contributed by atoms with E-state index < -0.39 is 28.7 Å². The van der Waals surface area contributed by atoms with E-state index in [0.29, 0.717) is 23.7 Å². The summed E-state index contributed by atoms with van der Waals surface area (Å²) in [7, 11) is 0. The van der Waals surface area contributed by atoms with Crippen molar-refractivity contribution in [2.45, 2.75) is 30.1 Å². The molecule has 3 rings (SSSR count). The Balaban J connectivity index is 1.53. The SMILES string of the molecule is CCN(CC)CCONC(=O)c1ncnc(Sc2ccc(NC(=O)Nc3ccc(Cl)c(C(F)(F)F)c3)cc2)n1. The standard InChI is InChI=1S/C24H25ClF3N7O3S/c1-3-35(4-2)11-12-38-34-21(36)20-29-14-30-23(33-20)39-17-8-5-15(6-9-17)31-22(37)32-16-7-10-19(25)18(13-16)24(26,27)28/h5-10,13-14H,3-4,11-12H2,1-2H3,(H,34,36)(H2,31,32,37). The normalized spacial score (nSPS) is 11.4. The molecule has 1 aromatic heterocycles. The third-order valence-corrected chi connectivity index (χ3v) is 6.39. The number of hydrogen-bond acceptors (Lipinski definition) is 8. The van der Waals surface area contributed by atoms with Crippen molar-refractivity contribution in [3.8, 4) is 0 Å². The average Bonchev–Trinajstić information content (AvgIpc) is 2.90. The second kappa shape index (κ2) is 14.1. The molecular weight excluding hydrogens is 559 g/mol. The topological polar surface area (TPSA) is 121 Å². The van der Waals surface area contributed by atoms with Crippen LogP contribution in [0.3, 0.4) is 0 Å². The molecule has 0 atom stereocenters. The summed E-state index contributed by atoms with van der Waals surface area (Å²) in [6.07, 6.45) is -3.44. The maximum atomic E-state index is 13.0. The van der Waals surface area contributed by atoms with Crippen molar-refractivity contribution in [1.82, 2.24) is 25.3 Å². The van der Waals surface area contributed by atoms with Gasteiger partial charge in [0.05, 0.1) is 17.2 Å². The maximum Gasteiger partial charge on any atom is 0.417 e. The van der Waals surface area contributed by atoms with Gasteiger partial charge in [-0.25, -0.2) is 20.2 Å². The number of nitrogens with zero attached hydrogens (tertiary/aromatic N) is 4. The molecule has 1 heterocycles. The minimum absolute atomic E-state index is 0.0691. The number of urea groups is 1. The summed E-state index contributed by atoms with van der Waals surface area (Å²) in [6.45, 7) is 6.80. The monoisotopic (exact) mass is 583 g/mol. The molecule has 0 unspecified atom stereocenters. The molecule has 0 saturated heterocycles. The van der Waals surface area contributed by atoms with Crippen molar-refractivity contribution in [1.29, 1.82) is 0 Å². The van der Waals surface area contributed by atoms with E-state index in [0.717, 1.165) is 37.0 Å². The second-order valence-corrected chi connectivity index (χ2v) is 9.24. The fourth-order valence-corrected chi connectivity index (χ4v) is 4.08. The van der Waals surface area contributed by atoms with E-state index in [9.17, 15) is 22.8 Å². The van der Waals surface area contributed by atoms with E-state index in [2.05, 4.69) is 36.0 Å². The number of hydrogen-bond donors (Lipinski definition) is 3. The molecule has 3 N–H and O–H groups in total. The molecule has 0 saturated carbocycles. The molecule has 0 fully saturated rings. The predicted octanol–water partition coefficient (Wildman–Crippen LogP) is 5.34. The van der Waals surface area contributed by atoms with Gasteiger partial charge in [-0.2, -0.15) is 18.2 Å². The molecule has 10 nitrogen and oxygen atoms in total. The number of alkyl halides is 3. The molecule has 39 heavy (non-hydrogen) atoms. The Kier molecular flexibility index (Phi) is 10.9. The van der Waals surface area contributed by atoms with E-state index >= 15 is 0 Å². The van der Waals surface area contributed by atoms with Gasteiger partial charge in [-0.05, 0) is 67.3 Å². The first kappa shape index (κ1) is 30.1. The Bertz CT molecular complexity index is 1280. The molecule has 0 aliphatic carbocycles. The van der Waals surface area contributed by atoms with Crippen LogP contribution >= 0.6 is 23.4 Å². The number of benzene rings is 2. The number of halogens is 4. The number of carbonyl (C=O) groups excluding carboxylic acids is 2. The molecule has 0 spiro atoms. The molecule has 3 amide bonds. The highest BCUT2D eigenvalue weighted by Crippen LogP contribution is 2.36. The molecule has 0 bridgehead atoms. The molecule has 3 aromatic rings. The quantitative estimate of drug-likeness (QED) is 0.204. The number of hydroxylamine groups is 1. The lowest BCUT2D eigenvalue weighted by Crippen LogP contribution is -2.32. The van der Waals surface area contributed by atoms with Crippen molar-refractivity contribution in [3.63, 3.8) is 0 Å². The number of rotatable bonds is 11. The highest BCUT2D eigenvalue weighted by atomic mass is 35.5. The van der Waals surface area contributed by atoms with Gasteiger partial charge in [0, 0.05) is 22.8 Å². The van der Waals surface area contributed by atoms with Gasteiger partial charge < -0.3 is 15.5 Å². The number of nitrogens with one attached hydrogen (secondary N) is 3. The summed E-state index contributed by atoms with van der Waals surface area (Å²) in [5, 5.41) is 4.67. The highest BCUT2D eigenvalue weighted by Gasteiger charge is 2.33. The second-order valence-electron chi connectivity index (χ2n) is 7.80. The van der Waals surface area contributed by atoms with Gasteiger partial charge in [-0.15, -0.1) is 0 Å². The third kappa shape index (κ3) is 9.35. The van der Waals surface area contributed by atoms with Crippen molar-refractivity contribution in [3.05, 3.63) is 65.2 Å². The van der Waals surface area contributed by atoms with E-state index in [1.165, 1.54) is 12.4 Å². The van der Waals surface area contributed by atoms with Gasteiger partial charge in [-0.1, -0.05) is 25.4 Å². The number of amides is 3. The molecule has 2 aromatic carbocycles. The fourth-order valence-electron chi connectivity index (χ4n) is 3.14. The summed E-state index contributed by atoms with van der Waals surface area (Å²) >= 11 is 6.75. The van der Waals surface area contributed by atoms with E-state index in [1.807, 2.05) is 13.8 Å². The van der Waals surface area contributed by atoms with Crippen molar-refractivity contribution < 1.29 is 27.6 Å². The van der Waals surface area contributed by atoms with Gasteiger partial charge >= 0.3 is 18.1 Å². The Morgan fingerprint density at radius 2 is 1.69 bits per heavy atom. The van der Waals surface area contributed by atoms with Gasteiger partial charge in [0.15, 0.2) is 5.16 Å². The zero-order valence-corrected chi connectivity index (χ0v) is 22.5. The Hall–Kier alpha value is -3.46. The molecular formula is C24H25ClF3N7O3S. The van der Waals surface area contributed by atoms with Crippen LogP contribution in [0.25, 0.3) is 0 Å². The maximum absolute atomic E-state index is 13.0. The number of aromatic nitrogens is 3. The van der Waals surface area contributed by atoms with Crippen molar-refractivity contribution >= 4 is 46.7 Å². The Morgan fingerprint density at radius 3 is 2.36 bits per heavy atom. The fraction of sp³-hybridized carbons (Fsp3) is 0.292. The van der Waals surface area contributed by atoms with Crippen LogP contribution in [0.15, 0.2) is 58.8 Å². The summed E-state index contributed by atoms with van der Waals surface area (Å²) < 4.78 is 39.1. The zero-order chi connectivity index (χ0) is 28.4. The lowest BCUT2D eigenvalue weighted by Gasteiger charge is -2.17. The van der Waals surface area contributed by atoms with Crippen LogP contribution in [-0.4, -0.2) is 58.0 Å². The van der Waals surface area contributed by atoms with Crippen LogP contribution in [0.2, 0.25) is 5.02 Å². The largest absolute Gasteiger partial charge is 0.417 e. The first-order valence-corrected chi connectivity index (χ1v) is 12.8. The molecule has 0 aliphatic rings. The summed E-state index contributed by atoms with van der Waals surface area (Å²) in [5.41, 5.74) is 1.58. The minimum Gasteiger partial charge on any atom is -0.308 e. The Morgan fingerprint density at radius 1 is 1.03 bits per heavy atom. The predicted molar refractivity (Wildman–Crippen MR) is 141 cm³/mol. The van der Waals surface area contributed by atoms with E-state index in [-0.39, 0.29) is 16.7 Å². The van der Waals surface area contributed by atoms with Gasteiger partial charge in [0.25, 0.3) is 0 Å². The summed E-state index contributed by atoms with van der Waals surface area (Å²) in [4.78, 5) is 44.6. The number of likely N-dealkylation sites (N-methyl/N-ethyl adjacent to an activating group) is 1. The molecule has 15 heteroatoms. The van der Waals surface area contributed by atoms with Crippen LogP contribution in [0.4, 0.5) is 29.3 Å². The summed E-state index contributed by atoms with van der Waals surface area (Å²) in [5.74, 6) is -0.714. The molecule has 208 valence electrons. The number of anilines is 2. The van der Waals surface area contributed by atoms with Gasteiger partial charge in [-0.3, -0.25) is 9.63 Å². The van der Waals surface area contributed by atoms with Crippen molar-refractivity contribution in [2.75, 3.05) is 36.9 Å². The van der Waals surface area contributed by atoms with Crippen LogP contribution < -0.4 is 16.1 Å². The zero-order valence-electron chi connectivity index (χ0n) is 20.9. The van der Waals surface area contributed by atoms with E-state index in [1.54, 1.807) is 24.3 Å². The lowest BCUT2D eigenvalue weighted by atomic mass is 10.2.